The van der Waals surface area contributed by atoms with E-state index < -0.39 is 0 Å². The fourth-order valence-corrected chi connectivity index (χ4v) is 4.09. The summed E-state index contributed by atoms with van der Waals surface area (Å²) in [5.41, 5.74) is 0. The van der Waals surface area contributed by atoms with Gasteiger partial charge in [-0.2, -0.15) is 0 Å². The van der Waals surface area contributed by atoms with E-state index in [2.05, 4.69) is 34.4 Å². The fourth-order valence-electron chi connectivity index (χ4n) is 4.09. The summed E-state index contributed by atoms with van der Waals surface area (Å²) in [5, 5.41) is 7.17. The van der Waals surface area contributed by atoms with Gasteiger partial charge in [-0.1, -0.05) is 20.3 Å². The van der Waals surface area contributed by atoms with Crippen LogP contribution in [0.25, 0.3) is 0 Å². The summed E-state index contributed by atoms with van der Waals surface area (Å²) in [7, 11) is 1.90. The highest BCUT2D eigenvalue weighted by Crippen LogP contribution is 2.26. The molecule has 2 rings (SSSR count). The lowest BCUT2D eigenvalue weighted by Gasteiger charge is -2.31. The van der Waals surface area contributed by atoms with Crippen LogP contribution in [0.15, 0.2) is 4.99 Å². The monoisotopic (exact) mass is 322 g/mol. The van der Waals surface area contributed by atoms with Crippen molar-refractivity contribution < 1.29 is 0 Å². The molecule has 2 aliphatic rings. The zero-order chi connectivity index (χ0) is 16.5. The van der Waals surface area contributed by atoms with Gasteiger partial charge in [0.2, 0.25) is 0 Å². The van der Waals surface area contributed by atoms with Crippen LogP contribution in [0, 0.1) is 11.8 Å². The second-order valence-corrected chi connectivity index (χ2v) is 7.44. The van der Waals surface area contributed by atoms with Crippen LogP contribution in [-0.2, 0) is 0 Å². The van der Waals surface area contributed by atoms with Crippen molar-refractivity contribution in [2.75, 3.05) is 33.2 Å². The Morgan fingerprint density at radius 3 is 2.26 bits per heavy atom. The Balaban J connectivity index is 1.60. The summed E-state index contributed by atoms with van der Waals surface area (Å²) < 4.78 is 0. The molecule has 2 N–H and O–H groups in total. The van der Waals surface area contributed by atoms with Gasteiger partial charge in [-0.05, 0) is 76.4 Å². The highest BCUT2D eigenvalue weighted by atomic mass is 15.2. The van der Waals surface area contributed by atoms with Crippen LogP contribution in [-0.4, -0.2) is 50.1 Å². The second kappa shape index (κ2) is 10.2. The van der Waals surface area contributed by atoms with Gasteiger partial charge in [-0.25, -0.2) is 0 Å². The Hall–Kier alpha value is -0.770. The third-order valence-electron chi connectivity index (χ3n) is 5.99. The first-order valence-corrected chi connectivity index (χ1v) is 9.94. The average Bonchev–Trinajstić information content (AvgIpc) is 2.62. The van der Waals surface area contributed by atoms with Crippen LogP contribution in [0.3, 0.4) is 0 Å². The smallest absolute Gasteiger partial charge is 0.191 e. The van der Waals surface area contributed by atoms with Crippen molar-refractivity contribution in [3.8, 4) is 0 Å². The van der Waals surface area contributed by atoms with E-state index in [-0.39, 0.29) is 0 Å². The second-order valence-electron chi connectivity index (χ2n) is 7.44. The van der Waals surface area contributed by atoms with Crippen LogP contribution < -0.4 is 10.6 Å². The zero-order valence-corrected chi connectivity index (χ0v) is 15.6. The van der Waals surface area contributed by atoms with Gasteiger partial charge >= 0.3 is 0 Å². The molecule has 4 nitrogen and oxygen atoms in total. The van der Waals surface area contributed by atoms with E-state index in [1.807, 2.05) is 7.05 Å². The third kappa shape index (κ3) is 6.33. The molecule has 2 fully saturated rings. The van der Waals surface area contributed by atoms with E-state index in [1.165, 1.54) is 71.0 Å². The third-order valence-corrected chi connectivity index (χ3v) is 5.99. The highest BCUT2D eigenvalue weighted by molar-refractivity contribution is 5.79. The summed E-state index contributed by atoms with van der Waals surface area (Å²) in [5.74, 6) is 2.86. The molecule has 1 saturated carbocycles. The Labute approximate surface area is 143 Å². The van der Waals surface area contributed by atoms with Crippen molar-refractivity contribution in [1.29, 1.82) is 0 Å². The van der Waals surface area contributed by atoms with Crippen molar-refractivity contribution in [3.63, 3.8) is 0 Å². The molecule has 0 bridgehead atoms. The van der Waals surface area contributed by atoms with Crippen molar-refractivity contribution in [2.24, 2.45) is 16.8 Å². The Bertz CT molecular complexity index is 339. The SMILES string of the molecule is CCC1CCC(NC(=NC)NCCC2CCN(CC)CC2)CC1. The Morgan fingerprint density at radius 1 is 1.00 bits per heavy atom. The minimum atomic E-state index is 0.622. The Kier molecular flexibility index (Phi) is 8.21. The van der Waals surface area contributed by atoms with Crippen molar-refractivity contribution in [3.05, 3.63) is 0 Å². The molecule has 0 amide bonds. The van der Waals surface area contributed by atoms with E-state index in [0.29, 0.717) is 6.04 Å². The van der Waals surface area contributed by atoms with Crippen LogP contribution in [0.2, 0.25) is 0 Å². The number of nitrogens with zero attached hydrogens (tertiary/aromatic N) is 2. The maximum atomic E-state index is 4.42. The Morgan fingerprint density at radius 2 is 1.70 bits per heavy atom. The summed E-state index contributed by atoms with van der Waals surface area (Å²) in [6, 6.07) is 0.622. The number of piperidine rings is 1. The van der Waals surface area contributed by atoms with Crippen molar-refractivity contribution in [2.45, 2.75) is 71.3 Å². The molecule has 0 radical (unpaired) electrons. The van der Waals surface area contributed by atoms with E-state index in [9.17, 15) is 0 Å². The fraction of sp³-hybridized carbons (Fsp3) is 0.947. The lowest BCUT2D eigenvalue weighted by Crippen LogP contribution is -2.45. The van der Waals surface area contributed by atoms with E-state index in [1.54, 1.807) is 0 Å². The van der Waals surface area contributed by atoms with Gasteiger partial charge in [-0.15, -0.1) is 0 Å². The molecule has 4 heteroatoms. The quantitative estimate of drug-likeness (QED) is 0.582. The number of aliphatic imine (C=N–C) groups is 1. The molecule has 1 saturated heterocycles. The van der Waals surface area contributed by atoms with E-state index in [4.69, 9.17) is 0 Å². The number of likely N-dealkylation sites (tertiary alicyclic amines) is 1. The molecule has 0 atom stereocenters. The van der Waals surface area contributed by atoms with Crippen LogP contribution in [0.5, 0.6) is 0 Å². The van der Waals surface area contributed by atoms with Crippen LogP contribution in [0.4, 0.5) is 0 Å². The summed E-state index contributed by atoms with van der Waals surface area (Å²) in [4.78, 5) is 6.98. The molecule has 1 heterocycles. The molecule has 134 valence electrons. The molecule has 0 unspecified atom stereocenters. The van der Waals surface area contributed by atoms with Gasteiger partial charge in [0, 0.05) is 19.6 Å². The molecule has 0 aromatic heterocycles. The van der Waals surface area contributed by atoms with Gasteiger partial charge in [0.15, 0.2) is 5.96 Å². The molecule has 0 aromatic rings. The molecule has 1 aliphatic heterocycles. The normalized spacial score (nSPS) is 27.9. The van der Waals surface area contributed by atoms with Gasteiger partial charge in [0.25, 0.3) is 0 Å². The largest absolute Gasteiger partial charge is 0.356 e. The van der Waals surface area contributed by atoms with E-state index >= 15 is 0 Å². The van der Waals surface area contributed by atoms with Crippen LogP contribution >= 0.6 is 0 Å². The predicted molar refractivity (Wildman–Crippen MR) is 100.0 cm³/mol. The topological polar surface area (TPSA) is 39.7 Å². The van der Waals surface area contributed by atoms with Gasteiger partial charge in [0.1, 0.15) is 0 Å². The maximum absolute atomic E-state index is 4.42. The first-order chi connectivity index (χ1) is 11.2. The first-order valence-electron chi connectivity index (χ1n) is 9.94. The van der Waals surface area contributed by atoms with Gasteiger partial charge < -0.3 is 15.5 Å². The average molecular weight is 323 g/mol. The van der Waals surface area contributed by atoms with E-state index in [0.717, 1.165) is 24.3 Å². The lowest BCUT2D eigenvalue weighted by molar-refractivity contribution is 0.187. The van der Waals surface area contributed by atoms with Gasteiger partial charge in [-0.3, -0.25) is 4.99 Å². The number of rotatable bonds is 6. The molecule has 0 aromatic carbocycles. The standard InChI is InChI=1S/C19H38N4/c1-4-16-6-8-18(9-7-16)22-19(20-3)21-13-10-17-11-14-23(5-2)15-12-17/h16-18H,4-15H2,1-3H3,(H2,20,21,22). The number of nitrogens with one attached hydrogen (secondary N) is 2. The number of guanidine groups is 1. The summed E-state index contributed by atoms with van der Waals surface area (Å²) in [6.07, 6.45) is 10.7. The zero-order valence-electron chi connectivity index (χ0n) is 15.6. The maximum Gasteiger partial charge on any atom is 0.191 e. The summed E-state index contributed by atoms with van der Waals surface area (Å²) in [6.45, 7) is 9.43. The molecule has 1 aliphatic carbocycles. The highest BCUT2D eigenvalue weighted by Gasteiger charge is 2.21. The number of hydrogen-bond donors (Lipinski definition) is 2. The summed E-state index contributed by atoms with van der Waals surface area (Å²) >= 11 is 0. The molecule has 23 heavy (non-hydrogen) atoms. The predicted octanol–water partition coefficient (Wildman–Crippen LogP) is 3.24. The van der Waals surface area contributed by atoms with Crippen molar-refractivity contribution in [1.82, 2.24) is 15.5 Å². The van der Waals surface area contributed by atoms with Crippen molar-refractivity contribution >= 4 is 5.96 Å². The molecular formula is C19H38N4. The number of hydrogen-bond acceptors (Lipinski definition) is 2. The molecular weight excluding hydrogens is 284 g/mol. The minimum Gasteiger partial charge on any atom is -0.356 e. The molecule has 0 spiro atoms. The van der Waals surface area contributed by atoms with Gasteiger partial charge in [0.05, 0.1) is 0 Å². The minimum absolute atomic E-state index is 0.622. The first kappa shape index (κ1) is 18.6. The van der Waals surface area contributed by atoms with Crippen LogP contribution in [0.1, 0.15) is 65.2 Å². The lowest BCUT2D eigenvalue weighted by atomic mass is 9.84.